The van der Waals surface area contributed by atoms with Crippen LogP contribution < -0.4 is 10.2 Å². The van der Waals surface area contributed by atoms with Gasteiger partial charge in [0.2, 0.25) is 0 Å². The van der Waals surface area contributed by atoms with Crippen molar-refractivity contribution in [1.82, 2.24) is 10.2 Å². The SMILES string of the molecule is CCNC(=NCc1ccc(N2CCC(CO)CC2)cc1)N1CCC(OCC)CC1.I. The van der Waals surface area contributed by atoms with Crippen LogP contribution in [0.4, 0.5) is 5.69 Å². The standard InChI is InChI=1S/C23H38N4O2.HI/c1-3-24-23(27-15-11-22(12-16-27)29-4-2)25-17-19-5-7-21(8-6-19)26-13-9-20(18-28)10-14-26;/h5-8,20,22,28H,3-4,9-18H2,1-2H3,(H,24,25);1H. The zero-order chi connectivity index (χ0) is 20.5. The van der Waals surface area contributed by atoms with Gasteiger partial charge in [-0.3, -0.25) is 0 Å². The van der Waals surface area contributed by atoms with E-state index >= 15 is 0 Å². The molecule has 1 aromatic carbocycles. The molecule has 0 saturated carbocycles. The molecule has 2 heterocycles. The van der Waals surface area contributed by atoms with E-state index in [1.54, 1.807) is 0 Å². The predicted octanol–water partition coefficient (Wildman–Crippen LogP) is 3.48. The topological polar surface area (TPSA) is 60.3 Å². The van der Waals surface area contributed by atoms with Crippen LogP contribution in [0.15, 0.2) is 29.3 Å². The Morgan fingerprint density at radius 3 is 2.30 bits per heavy atom. The monoisotopic (exact) mass is 530 g/mol. The van der Waals surface area contributed by atoms with Gasteiger partial charge in [-0.15, -0.1) is 24.0 Å². The molecule has 170 valence electrons. The highest BCUT2D eigenvalue weighted by Crippen LogP contribution is 2.23. The summed E-state index contributed by atoms with van der Waals surface area (Å²) in [6.45, 7) is 11.0. The van der Waals surface area contributed by atoms with E-state index in [-0.39, 0.29) is 24.0 Å². The zero-order valence-corrected chi connectivity index (χ0v) is 20.9. The summed E-state index contributed by atoms with van der Waals surface area (Å²) < 4.78 is 5.77. The molecule has 2 fully saturated rings. The van der Waals surface area contributed by atoms with Crippen LogP contribution in [0, 0.1) is 5.92 Å². The van der Waals surface area contributed by atoms with E-state index in [1.165, 1.54) is 11.3 Å². The molecule has 30 heavy (non-hydrogen) atoms. The number of hydrogen-bond donors (Lipinski definition) is 2. The molecule has 2 N–H and O–H groups in total. The quantitative estimate of drug-likeness (QED) is 0.321. The van der Waals surface area contributed by atoms with Crippen molar-refractivity contribution in [3.8, 4) is 0 Å². The van der Waals surface area contributed by atoms with Gasteiger partial charge in [0.05, 0.1) is 12.6 Å². The summed E-state index contributed by atoms with van der Waals surface area (Å²) in [5, 5.41) is 12.8. The number of ether oxygens (including phenoxy) is 1. The molecular weight excluding hydrogens is 491 g/mol. The second-order valence-electron chi connectivity index (χ2n) is 8.09. The summed E-state index contributed by atoms with van der Waals surface area (Å²) in [5.74, 6) is 1.49. The van der Waals surface area contributed by atoms with Gasteiger partial charge in [-0.1, -0.05) is 12.1 Å². The van der Waals surface area contributed by atoms with Gasteiger partial charge in [-0.25, -0.2) is 4.99 Å². The van der Waals surface area contributed by atoms with E-state index in [4.69, 9.17) is 9.73 Å². The number of guanidine groups is 1. The number of benzene rings is 1. The van der Waals surface area contributed by atoms with E-state index in [2.05, 4.69) is 53.2 Å². The first kappa shape index (κ1) is 25.2. The van der Waals surface area contributed by atoms with E-state index in [1.807, 2.05) is 0 Å². The largest absolute Gasteiger partial charge is 0.396 e. The van der Waals surface area contributed by atoms with Gasteiger partial charge in [-0.05, 0) is 63.1 Å². The highest BCUT2D eigenvalue weighted by molar-refractivity contribution is 14.0. The first-order chi connectivity index (χ1) is 14.2. The molecule has 0 bridgehead atoms. The molecule has 0 aliphatic carbocycles. The molecule has 0 radical (unpaired) electrons. The number of rotatable bonds is 7. The molecule has 2 aliphatic rings. The summed E-state index contributed by atoms with van der Waals surface area (Å²) in [7, 11) is 0. The highest BCUT2D eigenvalue weighted by Gasteiger charge is 2.21. The minimum atomic E-state index is 0. The lowest BCUT2D eigenvalue weighted by Gasteiger charge is -2.34. The number of halogens is 1. The average Bonchev–Trinajstić information content (AvgIpc) is 2.78. The van der Waals surface area contributed by atoms with Crippen LogP contribution in [0.3, 0.4) is 0 Å². The first-order valence-electron chi connectivity index (χ1n) is 11.3. The fourth-order valence-electron chi connectivity index (χ4n) is 4.25. The van der Waals surface area contributed by atoms with Crippen molar-refractivity contribution in [2.24, 2.45) is 10.9 Å². The smallest absolute Gasteiger partial charge is 0.194 e. The Morgan fingerprint density at radius 2 is 1.73 bits per heavy atom. The molecule has 1 aromatic rings. The summed E-state index contributed by atoms with van der Waals surface area (Å²) >= 11 is 0. The number of piperidine rings is 2. The molecule has 0 atom stereocenters. The maximum atomic E-state index is 9.31. The number of nitrogens with one attached hydrogen (secondary N) is 1. The van der Waals surface area contributed by atoms with Crippen LogP contribution in [-0.4, -0.2) is 68.0 Å². The van der Waals surface area contributed by atoms with Gasteiger partial charge in [0.25, 0.3) is 0 Å². The van der Waals surface area contributed by atoms with Crippen LogP contribution in [0.5, 0.6) is 0 Å². The number of likely N-dealkylation sites (tertiary alicyclic amines) is 1. The van der Waals surface area contributed by atoms with Crippen molar-refractivity contribution in [2.75, 3.05) is 50.8 Å². The maximum Gasteiger partial charge on any atom is 0.194 e. The van der Waals surface area contributed by atoms with Gasteiger partial charge in [-0.2, -0.15) is 0 Å². The minimum absolute atomic E-state index is 0. The zero-order valence-electron chi connectivity index (χ0n) is 18.6. The van der Waals surface area contributed by atoms with Gasteiger partial charge < -0.3 is 25.0 Å². The van der Waals surface area contributed by atoms with Crippen molar-refractivity contribution in [3.05, 3.63) is 29.8 Å². The maximum absolute atomic E-state index is 9.31. The second-order valence-corrected chi connectivity index (χ2v) is 8.09. The lowest BCUT2D eigenvalue weighted by Crippen LogP contribution is -2.47. The van der Waals surface area contributed by atoms with Crippen LogP contribution in [0.2, 0.25) is 0 Å². The molecule has 2 saturated heterocycles. The summed E-state index contributed by atoms with van der Waals surface area (Å²) in [6, 6.07) is 8.82. The van der Waals surface area contributed by atoms with Crippen molar-refractivity contribution >= 4 is 35.6 Å². The Hall–Kier alpha value is -1.06. The molecular formula is C23H39IN4O2. The Bertz CT molecular complexity index is 625. The predicted molar refractivity (Wildman–Crippen MR) is 135 cm³/mol. The molecule has 0 unspecified atom stereocenters. The highest BCUT2D eigenvalue weighted by atomic mass is 127. The van der Waals surface area contributed by atoms with E-state index in [0.717, 1.165) is 71.0 Å². The summed E-state index contributed by atoms with van der Waals surface area (Å²) in [5.41, 5.74) is 2.51. The Morgan fingerprint density at radius 1 is 1.07 bits per heavy atom. The third-order valence-corrected chi connectivity index (χ3v) is 6.06. The fourth-order valence-corrected chi connectivity index (χ4v) is 4.25. The number of aliphatic imine (C=N–C) groups is 1. The first-order valence-corrected chi connectivity index (χ1v) is 11.3. The number of aliphatic hydroxyl groups excluding tert-OH is 1. The Kier molecular flexibility index (Phi) is 11.2. The lowest BCUT2D eigenvalue weighted by atomic mass is 9.97. The molecule has 3 rings (SSSR count). The number of hydrogen-bond acceptors (Lipinski definition) is 4. The molecule has 0 spiro atoms. The van der Waals surface area contributed by atoms with Gasteiger partial charge in [0.15, 0.2) is 5.96 Å². The Labute approximate surface area is 199 Å². The minimum Gasteiger partial charge on any atom is -0.396 e. The summed E-state index contributed by atoms with van der Waals surface area (Å²) in [6.07, 6.45) is 4.69. The normalized spacial score (nSPS) is 19.0. The van der Waals surface area contributed by atoms with E-state index in [9.17, 15) is 5.11 Å². The van der Waals surface area contributed by atoms with Crippen molar-refractivity contribution in [2.45, 2.75) is 52.2 Å². The van der Waals surface area contributed by atoms with Crippen molar-refractivity contribution < 1.29 is 9.84 Å². The van der Waals surface area contributed by atoms with Gasteiger partial charge >= 0.3 is 0 Å². The van der Waals surface area contributed by atoms with E-state index in [0.29, 0.717) is 25.2 Å². The van der Waals surface area contributed by atoms with E-state index < -0.39 is 0 Å². The summed E-state index contributed by atoms with van der Waals surface area (Å²) in [4.78, 5) is 9.67. The number of aliphatic hydroxyl groups is 1. The molecule has 2 aliphatic heterocycles. The lowest BCUT2D eigenvalue weighted by molar-refractivity contribution is 0.0263. The van der Waals surface area contributed by atoms with Gasteiger partial charge in [0, 0.05) is 51.6 Å². The number of nitrogens with zero attached hydrogens (tertiary/aromatic N) is 3. The van der Waals surface area contributed by atoms with Crippen molar-refractivity contribution in [1.29, 1.82) is 0 Å². The fraction of sp³-hybridized carbons (Fsp3) is 0.696. The molecule has 0 amide bonds. The molecule has 0 aromatic heterocycles. The molecule has 6 nitrogen and oxygen atoms in total. The van der Waals surface area contributed by atoms with Crippen LogP contribution in [-0.2, 0) is 11.3 Å². The van der Waals surface area contributed by atoms with Gasteiger partial charge in [0.1, 0.15) is 0 Å². The average molecular weight is 530 g/mol. The van der Waals surface area contributed by atoms with Crippen molar-refractivity contribution in [3.63, 3.8) is 0 Å². The van der Waals surface area contributed by atoms with Crippen LogP contribution in [0.1, 0.15) is 45.1 Å². The van der Waals surface area contributed by atoms with Crippen LogP contribution >= 0.6 is 24.0 Å². The van der Waals surface area contributed by atoms with Crippen LogP contribution in [0.25, 0.3) is 0 Å². The third kappa shape index (κ3) is 7.27. The Balaban J connectivity index is 0.00000320. The molecule has 7 heteroatoms. The number of anilines is 1. The third-order valence-electron chi connectivity index (χ3n) is 6.06. The second kappa shape index (κ2) is 13.4.